The van der Waals surface area contributed by atoms with E-state index in [9.17, 15) is 9.18 Å². The second-order valence-electron chi connectivity index (χ2n) is 7.77. The highest BCUT2D eigenvalue weighted by molar-refractivity contribution is 5.82. The number of amides is 1. The van der Waals surface area contributed by atoms with E-state index in [1.807, 2.05) is 6.07 Å². The Morgan fingerprint density at radius 3 is 2.70 bits per heavy atom. The van der Waals surface area contributed by atoms with Crippen LogP contribution in [0.3, 0.4) is 0 Å². The maximum absolute atomic E-state index is 13.4. The van der Waals surface area contributed by atoms with E-state index in [0.29, 0.717) is 26.1 Å². The van der Waals surface area contributed by atoms with Gasteiger partial charge in [-0.1, -0.05) is 6.07 Å². The number of carbonyl (C=O) groups is 1. The molecule has 2 atom stereocenters. The second kappa shape index (κ2) is 8.92. The molecule has 2 aromatic rings. The van der Waals surface area contributed by atoms with Crippen LogP contribution in [-0.2, 0) is 16.0 Å². The molecular formula is C23H28FN3O3. The predicted octanol–water partition coefficient (Wildman–Crippen LogP) is 2.46. The van der Waals surface area contributed by atoms with Crippen LogP contribution >= 0.6 is 0 Å². The van der Waals surface area contributed by atoms with Gasteiger partial charge < -0.3 is 24.6 Å². The molecule has 2 aliphatic heterocycles. The summed E-state index contributed by atoms with van der Waals surface area (Å²) in [6, 6.07) is 12.7. The fourth-order valence-corrected chi connectivity index (χ4v) is 4.50. The molecule has 2 aromatic carbocycles. The Morgan fingerprint density at radius 1 is 1.17 bits per heavy atom. The van der Waals surface area contributed by atoms with E-state index in [-0.39, 0.29) is 23.7 Å². The van der Waals surface area contributed by atoms with Crippen LogP contribution in [0, 0.1) is 11.7 Å². The highest BCUT2D eigenvalue weighted by Crippen LogP contribution is 2.38. The second-order valence-corrected chi connectivity index (χ2v) is 7.77. The van der Waals surface area contributed by atoms with Gasteiger partial charge in [-0.05, 0) is 42.3 Å². The Bertz CT molecular complexity index is 890. The molecule has 4 rings (SSSR count). The van der Waals surface area contributed by atoms with E-state index >= 15 is 0 Å². The zero-order chi connectivity index (χ0) is 21.1. The van der Waals surface area contributed by atoms with E-state index in [1.54, 1.807) is 26.4 Å². The zero-order valence-corrected chi connectivity index (χ0v) is 17.4. The molecular weight excluding hydrogens is 385 g/mol. The number of ether oxygens (including phenoxy) is 2. The van der Waals surface area contributed by atoms with Gasteiger partial charge in [-0.25, -0.2) is 4.39 Å². The van der Waals surface area contributed by atoms with Gasteiger partial charge in [-0.3, -0.25) is 4.79 Å². The van der Waals surface area contributed by atoms with Crippen LogP contribution in [0.25, 0.3) is 0 Å². The third-order valence-corrected chi connectivity index (χ3v) is 6.06. The van der Waals surface area contributed by atoms with Gasteiger partial charge in [0, 0.05) is 50.7 Å². The van der Waals surface area contributed by atoms with Crippen molar-refractivity contribution >= 4 is 17.3 Å². The first kappa shape index (κ1) is 20.5. The van der Waals surface area contributed by atoms with Gasteiger partial charge in [0.05, 0.1) is 25.7 Å². The van der Waals surface area contributed by atoms with Crippen molar-refractivity contribution in [3.8, 4) is 5.75 Å². The number of hydrogen-bond acceptors (Lipinski definition) is 5. The molecule has 2 aliphatic rings. The molecule has 0 radical (unpaired) electrons. The van der Waals surface area contributed by atoms with Gasteiger partial charge in [0.1, 0.15) is 11.6 Å². The Hall–Kier alpha value is -2.80. The number of methoxy groups -OCH3 is 2. The average Bonchev–Trinajstić information content (AvgIpc) is 2.78. The molecule has 160 valence electrons. The van der Waals surface area contributed by atoms with Crippen LogP contribution in [0.5, 0.6) is 5.75 Å². The molecule has 0 saturated carbocycles. The van der Waals surface area contributed by atoms with Crippen molar-refractivity contribution in [3.05, 3.63) is 53.8 Å². The number of hydrogen-bond donors (Lipinski definition) is 1. The van der Waals surface area contributed by atoms with Crippen molar-refractivity contribution in [2.45, 2.75) is 12.5 Å². The molecule has 1 saturated heterocycles. The van der Waals surface area contributed by atoms with Gasteiger partial charge >= 0.3 is 0 Å². The summed E-state index contributed by atoms with van der Waals surface area (Å²) in [5, 5.41) is 3.02. The summed E-state index contributed by atoms with van der Waals surface area (Å²) in [6.45, 7) is 3.27. The van der Waals surface area contributed by atoms with Gasteiger partial charge in [0.2, 0.25) is 5.91 Å². The van der Waals surface area contributed by atoms with Crippen molar-refractivity contribution in [2.75, 3.05) is 56.8 Å². The molecule has 1 amide bonds. The van der Waals surface area contributed by atoms with E-state index in [0.717, 1.165) is 35.8 Å². The Kier molecular flexibility index (Phi) is 6.08. The molecule has 30 heavy (non-hydrogen) atoms. The number of nitrogens with zero attached hydrogens (tertiary/aromatic N) is 2. The third-order valence-electron chi connectivity index (χ3n) is 6.06. The highest BCUT2D eigenvalue weighted by atomic mass is 19.1. The summed E-state index contributed by atoms with van der Waals surface area (Å²) in [5.74, 6) is 0.443. The minimum absolute atomic E-state index is 0.0194. The first-order valence-corrected chi connectivity index (χ1v) is 10.3. The first-order valence-electron chi connectivity index (χ1n) is 10.3. The van der Waals surface area contributed by atoms with Crippen LogP contribution in [0.4, 0.5) is 15.8 Å². The number of rotatable bonds is 6. The molecule has 0 unspecified atom stereocenters. The SMILES string of the molecule is COCCNC(=O)[C@H]1Cc2ccc(OC)cc2N2CCN(c3ccc(F)cc3)C[C@H]12. The summed E-state index contributed by atoms with van der Waals surface area (Å²) in [4.78, 5) is 17.6. The molecule has 0 bridgehead atoms. The smallest absolute Gasteiger partial charge is 0.225 e. The van der Waals surface area contributed by atoms with E-state index in [1.165, 1.54) is 12.1 Å². The van der Waals surface area contributed by atoms with E-state index < -0.39 is 0 Å². The third kappa shape index (κ3) is 4.07. The van der Waals surface area contributed by atoms with E-state index in [2.05, 4.69) is 27.2 Å². The Balaban J connectivity index is 1.62. The van der Waals surface area contributed by atoms with Crippen LogP contribution in [0.15, 0.2) is 42.5 Å². The lowest BCUT2D eigenvalue weighted by molar-refractivity contribution is -0.126. The number of piperazine rings is 1. The molecule has 0 aliphatic carbocycles. The summed E-state index contributed by atoms with van der Waals surface area (Å²) in [6.07, 6.45) is 0.677. The molecule has 1 N–H and O–H groups in total. The van der Waals surface area contributed by atoms with Crippen LogP contribution in [-0.4, -0.2) is 59.0 Å². The number of carbonyl (C=O) groups excluding carboxylic acids is 1. The highest BCUT2D eigenvalue weighted by Gasteiger charge is 2.41. The predicted molar refractivity (Wildman–Crippen MR) is 115 cm³/mol. The van der Waals surface area contributed by atoms with Crippen molar-refractivity contribution in [3.63, 3.8) is 0 Å². The molecule has 7 heteroatoms. The monoisotopic (exact) mass is 413 g/mol. The molecule has 0 spiro atoms. The fraction of sp³-hybridized carbons (Fsp3) is 0.435. The largest absolute Gasteiger partial charge is 0.497 e. The van der Waals surface area contributed by atoms with Gasteiger partial charge in [0.25, 0.3) is 0 Å². The topological polar surface area (TPSA) is 54.0 Å². The average molecular weight is 413 g/mol. The standard InChI is InChI=1S/C23H28FN3O3/c1-29-12-9-25-23(28)20-13-16-3-8-19(30-2)14-21(16)27-11-10-26(15-22(20)27)18-6-4-17(24)5-7-18/h3-8,14,20,22H,9-13,15H2,1-2H3,(H,25,28)/t20-,22+/m0/s1. The lowest BCUT2D eigenvalue weighted by Crippen LogP contribution is -2.61. The summed E-state index contributed by atoms with van der Waals surface area (Å²) in [7, 11) is 3.29. The summed E-state index contributed by atoms with van der Waals surface area (Å²) < 4.78 is 23.9. The van der Waals surface area contributed by atoms with Crippen molar-refractivity contribution in [2.24, 2.45) is 5.92 Å². The Labute approximate surface area is 176 Å². The minimum atomic E-state index is -0.244. The lowest BCUT2D eigenvalue weighted by atomic mass is 9.83. The van der Waals surface area contributed by atoms with Gasteiger partial charge in [-0.2, -0.15) is 0 Å². The van der Waals surface area contributed by atoms with Crippen molar-refractivity contribution in [1.82, 2.24) is 5.32 Å². The van der Waals surface area contributed by atoms with Crippen molar-refractivity contribution in [1.29, 1.82) is 0 Å². The molecule has 1 fully saturated rings. The van der Waals surface area contributed by atoms with Gasteiger partial charge in [-0.15, -0.1) is 0 Å². The van der Waals surface area contributed by atoms with Crippen LogP contribution < -0.4 is 19.9 Å². The Morgan fingerprint density at radius 2 is 1.97 bits per heavy atom. The number of anilines is 2. The summed E-state index contributed by atoms with van der Waals surface area (Å²) in [5.41, 5.74) is 3.28. The quantitative estimate of drug-likeness (QED) is 0.738. The number of fused-ring (bicyclic) bond motifs is 3. The summed E-state index contributed by atoms with van der Waals surface area (Å²) >= 11 is 0. The molecule has 0 aromatic heterocycles. The van der Waals surface area contributed by atoms with Crippen LogP contribution in [0.2, 0.25) is 0 Å². The molecule has 6 nitrogen and oxygen atoms in total. The zero-order valence-electron chi connectivity index (χ0n) is 17.4. The normalized spacial score (nSPS) is 20.4. The fourth-order valence-electron chi connectivity index (χ4n) is 4.50. The molecule has 2 heterocycles. The van der Waals surface area contributed by atoms with Gasteiger partial charge in [0.15, 0.2) is 0 Å². The van der Waals surface area contributed by atoms with Crippen molar-refractivity contribution < 1.29 is 18.7 Å². The van der Waals surface area contributed by atoms with Crippen LogP contribution in [0.1, 0.15) is 5.56 Å². The minimum Gasteiger partial charge on any atom is -0.497 e. The number of nitrogens with one attached hydrogen (secondary N) is 1. The maximum atomic E-state index is 13.4. The lowest BCUT2D eigenvalue weighted by Gasteiger charge is -2.49. The number of benzene rings is 2. The maximum Gasteiger partial charge on any atom is 0.225 e. The van der Waals surface area contributed by atoms with E-state index in [4.69, 9.17) is 9.47 Å². The number of halogens is 1. The first-order chi connectivity index (χ1) is 14.6.